The minimum Gasteiger partial charge on any atom is -0.329 e. The third-order valence-corrected chi connectivity index (χ3v) is 4.35. The summed E-state index contributed by atoms with van der Waals surface area (Å²) in [4.78, 5) is 28.8. The summed E-state index contributed by atoms with van der Waals surface area (Å²) in [5.74, 6) is -0.328. The maximum absolute atomic E-state index is 12.2. The Morgan fingerprint density at radius 3 is 2.36 bits per heavy atom. The lowest BCUT2D eigenvalue weighted by Gasteiger charge is -2.11. The topological polar surface area (TPSA) is 83.1 Å². The molecule has 1 heterocycles. The summed E-state index contributed by atoms with van der Waals surface area (Å²) in [7, 11) is 0. The molecule has 3 aromatic carbocycles. The molecule has 4 rings (SSSR count). The normalized spacial score (nSPS) is 10.6. The lowest BCUT2D eigenvalue weighted by Crippen LogP contribution is -2.35. The van der Waals surface area contributed by atoms with Crippen LogP contribution in [0.5, 0.6) is 0 Å². The average Bonchev–Trinajstić information content (AvgIpc) is 2.73. The molecule has 0 spiro atoms. The van der Waals surface area contributed by atoms with Crippen LogP contribution >= 0.6 is 0 Å². The fraction of sp³-hybridized carbons (Fsp3) is 0.0455. The molecule has 1 aromatic heterocycles. The third-order valence-electron chi connectivity index (χ3n) is 4.35. The zero-order valence-corrected chi connectivity index (χ0v) is 15.0. The van der Waals surface area contributed by atoms with Crippen LogP contribution in [0, 0.1) is 0 Å². The highest BCUT2D eigenvalue weighted by Gasteiger charge is 2.09. The van der Waals surface area contributed by atoms with Crippen LogP contribution in [0.2, 0.25) is 0 Å². The van der Waals surface area contributed by atoms with Crippen molar-refractivity contribution in [2.24, 2.45) is 0 Å². The van der Waals surface area contributed by atoms with Crippen LogP contribution in [-0.2, 0) is 4.79 Å². The quantitative estimate of drug-likeness (QED) is 0.505. The number of hydrogen-bond donors (Lipinski definition) is 3. The predicted octanol–water partition coefficient (Wildman–Crippen LogP) is 4.15. The van der Waals surface area contributed by atoms with Crippen LogP contribution in [-0.4, -0.2) is 23.5 Å². The van der Waals surface area contributed by atoms with Crippen LogP contribution in [0.25, 0.3) is 21.7 Å². The van der Waals surface area contributed by atoms with Crippen molar-refractivity contribution in [2.75, 3.05) is 17.2 Å². The van der Waals surface area contributed by atoms with E-state index in [2.05, 4.69) is 20.9 Å². The van der Waals surface area contributed by atoms with Crippen molar-refractivity contribution < 1.29 is 9.59 Å². The number of urea groups is 1. The molecule has 28 heavy (non-hydrogen) atoms. The lowest BCUT2D eigenvalue weighted by atomic mass is 10.1. The Bertz CT molecular complexity index is 1070. The number of rotatable bonds is 4. The summed E-state index contributed by atoms with van der Waals surface area (Å²) >= 11 is 0. The molecule has 0 saturated heterocycles. The number of hydrogen-bond acceptors (Lipinski definition) is 3. The molecule has 0 bridgehead atoms. The maximum Gasteiger partial charge on any atom is 0.319 e. The molecule has 0 atom stereocenters. The molecule has 0 radical (unpaired) electrons. The minimum atomic E-state index is -0.442. The maximum atomic E-state index is 12.2. The van der Waals surface area contributed by atoms with Gasteiger partial charge >= 0.3 is 6.03 Å². The van der Waals surface area contributed by atoms with Crippen LogP contribution in [0.3, 0.4) is 0 Å². The second kappa shape index (κ2) is 7.75. The first kappa shape index (κ1) is 17.5. The SMILES string of the molecule is O=C(CNC(=O)Nc1cccc2ccccc12)Nc1cccc2cccnc12. The lowest BCUT2D eigenvalue weighted by molar-refractivity contribution is -0.115. The highest BCUT2D eigenvalue weighted by molar-refractivity contribution is 6.04. The summed E-state index contributed by atoms with van der Waals surface area (Å²) in [6.45, 7) is -0.153. The monoisotopic (exact) mass is 370 g/mol. The van der Waals surface area contributed by atoms with E-state index in [0.29, 0.717) is 16.9 Å². The fourth-order valence-corrected chi connectivity index (χ4v) is 3.06. The summed E-state index contributed by atoms with van der Waals surface area (Å²) in [5.41, 5.74) is 2.01. The van der Waals surface area contributed by atoms with Gasteiger partial charge in [-0.25, -0.2) is 4.79 Å². The summed E-state index contributed by atoms with van der Waals surface area (Å²) < 4.78 is 0. The highest BCUT2D eigenvalue weighted by Crippen LogP contribution is 2.23. The number of para-hydroxylation sites is 1. The number of fused-ring (bicyclic) bond motifs is 2. The van der Waals surface area contributed by atoms with Crippen molar-refractivity contribution in [3.8, 4) is 0 Å². The van der Waals surface area contributed by atoms with Gasteiger partial charge in [0.25, 0.3) is 0 Å². The second-order valence-electron chi connectivity index (χ2n) is 6.26. The van der Waals surface area contributed by atoms with Crippen molar-refractivity contribution in [3.05, 3.63) is 79.0 Å². The van der Waals surface area contributed by atoms with Crippen molar-refractivity contribution >= 4 is 45.0 Å². The fourth-order valence-electron chi connectivity index (χ4n) is 3.06. The Morgan fingerprint density at radius 2 is 1.46 bits per heavy atom. The van der Waals surface area contributed by atoms with Gasteiger partial charge < -0.3 is 16.0 Å². The molecule has 6 heteroatoms. The molecule has 138 valence electrons. The summed E-state index contributed by atoms with van der Waals surface area (Å²) in [6, 6.07) is 22.3. The van der Waals surface area contributed by atoms with Gasteiger partial charge in [-0.3, -0.25) is 9.78 Å². The zero-order valence-electron chi connectivity index (χ0n) is 15.0. The molecule has 4 aromatic rings. The Kier molecular flexibility index (Phi) is 4.84. The molecule has 0 aliphatic carbocycles. The Morgan fingerprint density at radius 1 is 0.750 bits per heavy atom. The molecule has 3 amide bonds. The van der Waals surface area contributed by atoms with Gasteiger partial charge in [0.05, 0.1) is 23.4 Å². The smallest absolute Gasteiger partial charge is 0.319 e. The number of carbonyl (C=O) groups is 2. The van der Waals surface area contributed by atoms with Gasteiger partial charge in [-0.15, -0.1) is 0 Å². The number of pyridine rings is 1. The van der Waals surface area contributed by atoms with Crippen molar-refractivity contribution in [1.82, 2.24) is 10.3 Å². The van der Waals surface area contributed by atoms with Crippen molar-refractivity contribution in [2.45, 2.75) is 0 Å². The number of aromatic nitrogens is 1. The number of benzene rings is 3. The Labute approximate surface area is 161 Å². The number of amides is 3. The number of anilines is 2. The Hall–Kier alpha value is -3.93. The minimum absolute atomic E-state index is 0.153. The number of nitrogens with zero attached hydrogens (tertiary/aromatic N) is 1. The first-order chi connectivity index (χ1) is 13.7. The standard InChI is InChI=1S/C22H18N4O2/c27-20(25-19-12-4-8-16-9-5-13-23-21(16)19)14-24-22(28)26-18-11-3-7-15-6-1-2-10-17(15)18/h1-13H,14H2,(H,25,27)(H2,24,26,28). The molecular weight excluding hydrogens is 352 g/mol. The first-order valence-electron chi connectivity index (χ1n) is 8.87. The molecule has 0 saturated carbocycles. The van der Waals surface area contributed by atoms with Gasteiger partial charge in [0.15, 0.2) is 0 Å². The number of nitrogens with one attached hydrogen (secondary N) is 3. The third kappa shape index (κ3) is 3.76. The van der Waals surface area contributed by atoms with Crippen molar-refractivity contribution in [1.29, 1.82) is 0 Å². The van der Waals surface area contributed by atoms with E-state index >= 15 is 0 Å². The molecule has 0 unspecified atom stereocenters. The Balaban J connectivity index is 1.38. The highest BCUT2D eigenvalue weighted by atomic mass is 16.2. The van der Waals surface area contributed by atoms with Crippen LogP contribution in [0.1, 0.15) is 0 Å². The van der Waals surface area contributed by atoms with E-state index in [9.17, 15) is 9.59 Å². The summed E-state index contributed by atoms with van der Waals surface area (Å²) in [5, 5.41) is 11.1. The van der Waals surface area contributed by atoms with Gasteiger partial charge in [0.2, 0.25) is 5.91 Å². The van der Waals surface area contributed by atoms with E-state index in [-0.39, 0.29) is 12.5 Å². The summed E-state index contributed by atoms with van der Waals surface area (Å²) in [6.07, 6.45) is 1.67. The van der Waals surface area contributed by atoms with E-state index in [1.54, 1.807) is 12.3 Å². The van der Waals surface area contributed by atoms with Gasteiger partial charge in [0.1, 0.15) is 0 Å². The second-order valence-corrected chi connectivity index (χ2v) is 6.26. The van der Waals surface area contributed by atoms with Crippen LogP contribution < -0.4 is 16.0 Å². The van der Waals surface area contributed by atoms with Crippen LogP contribution in [0.15, 0.2) is 79.0 Å². The van der Waals surface area contributed by atoms with Gasteiger partial charge in [0, 0.05) is 17.0 Å². The largest absolute Gasteiger partial charge is 0.329 e. The van der Waals surface area contributed by atoms with E-state index < -0.39 is 6.03 Å². The van der Waals surface area contributed by atoms with E-state index in [1.165, 1.54) is 0 Å². The number of carbonyl (C=O) groups excluding carboxylic acids is 2. The molecule has 0 aliphatic heterocycles. The van der Waals surface area contributed by atoms with Gasteiger partial charge in [-0.2, -0.15) is 0 Å². The van der Waals surface area contributed by atoms with E-state index in [4.69, 9.17) is 0 Å². The zero-order chi connectivity index (χ0) is 19.3. The van der Waals surface area contributed by atoms with E-state index in [1.807, 2.05) is 66.7 Å². The van der Waals surface area contributed by atoms with Crippen molar-refractivity contribution in [3.63, 3.8) is 0 Å². The molecular formula is C22H18N4O2. The van der Waals surface area contributed by atoms with E-state index in [0.717, 1.165) is 16.2 Å². The van der Waals surface area contributed by atoms with Gasteiger partial charge in [-0.05, 0) is 23.6 Å². The molecule has 6 nitrogen and oxygen atoms in total. The van der Waals surface area contributed by atoms with Crippen LogP contribution in [0.4, 0.5) is 16.2 Å². The van der Waals surface area contributed by atoms with Gasteiger partial charge in [-0.1, -0.05) is 54.6 Å². The molecule has 0 fully saturated rings. The molecule has 0 aliphatic rings. The first-order valence-corrected chi connectivity index (χ1v) is 8.87. The average molecular weight is 370 g/mol. The molecule has 3 N–H and O–H groups in total. The predicted molar refractivity (Wildman–Crippen MR) is 111 cm³/mol.